The fourth-order valence-electron chi connectivity index (χ4n) is 1.61. The lowest BCUT2D eigenvalue weighted by atomic mass is 10.4. The van der Waals surface area contributed by atoms with E-state index >= 15 is 0 Å². The topological polar surface area (TPSA) is 63.2 Å². The Labute approximate surface area is 103 Å². The molecule has 1 aromatic rings. The second kappa shape index (κ2) is 4.67. The summed E-state index contributed by atoms with van der Waals surface area (Å²) >= 11 is 3.26. The van der Waals surface area contributed by atoms with Crippen molar-refractivity contribution in [3.8, 4) is 0 Å². The highest BCUT2D eigenvalue weighted by molar-refractivity contribution is 9.10. The molecule has 1 fully saturated rings. The first kappa shape index (κ1) is 11.8. The van der Waals surface area contributed by atoms with E-state index in [-0.39, 0.29) is 11.5 Å². The van der Waals surface area contributed by atoms with Gasteiger partial charge in [-0.2, -0.15) is 0 Å². The van der Waals surface area contributed by atoms with Crippen LogP contribution in [0.3, 0.4) is 0 Å². The minimum atomic E-state index is -2.87. The van der Waals surface area contributed by atoms with E-state index in [1.165, 1.54) is 0 Å². The Balaban J connectivity index is 2.13. The van der Waals surface area contributed by atoms with Crippen LogP contribution >= 0.6 is 15.9 Å². The van der Waals surface area contributed by atoms with Crippen molar-refractivity contribution in [2.45, 2.75) is 6.42 Å². The normalized spacial score (nSPS) is 20.4. The van der Waals surface area contributed by atoms with Gasteiger partial charge in [0.05, 0.1) is 16.0 Å². The van der Waals surface area contributed by atoms with Crippen LogP contribution in [0.2, 0.25) is 0 Å². The molecule has 16 heavy (non-hydrogen) atoms. The Morgan fingerprint density at radius 1 is 1.19 bits per heavy atom. The van der Waals surface area contributed by atoms with Gasteiger partial charge in [-0.05, 0) is 22.4 Å². The van der Waals surface area contributed by atoms with Crippen molar-refractivity contribution >= 4 is 31.7 Å². The molecule has 2 rings (SSSR count). The van der Waals surface area contributed by atoms with Crippen LogP contribution in [0.25, 0.3) is 0 Å². The number of hydrogen-bond donors (Lipinski definition) is 0. The second-order valence-electron chi connectivity index (χ2n) is 3.69. The van der Waals surface area contributed by atoms with Crippen LogP contribution in [0.4, 0.5) is 5.95 Å². The minimum absolute atomic E-state index is 0.187. The quantitative estimate of drug-likeness (QED) is 0.770. The predicted octanol–water partition coefficient (Wildman–Crippen LogP) is 0.864. The number of rotatable bonds is 1. The zero-order chi connectivity index (χ0) is 11.6. The maximum atomic E-state index is 11.4. The fourth-order valence-corrected chi connectivity index (χ4v) is 3.08. The van der Waals surface area contributed by atoms with Gasteiger partial charge in [0.1, 0.15) is 0 Å². The van der Waals surface area contributed by atoms with E-state index in [0.717, 1.165) is 4.47 Å². The summed E-state index contributed by atoms with van der Waals surface area (Å²) in [5.74, 6) is 1.05. The summed E-state index contributed by atoms with van der Waals surface area (Å²) in [5.41, 5.74) is 0. The van der Waals surface area contributed by atoms with Crippen LogP contribution in [0.5, 0.6) is 0 Å². The molecular formula is C9H12BrN3O2S. The number of anilines is 1. The molecule has 0 amide bonds. The maximum absolute atomic E-state index is 11.4. The molecule has 0 unspecified atom stereocenters. The van der Waals surface area contributed by atoms with Crippen molar-refractivity contribution in [3.63, 3.8) is 0 Å². The summed E-state index contributed by atoms with van der Waals surface area (Å²) < 4.78 is 23.7. The highest BCUT2D eigenvalue weighted by Gasteiger charge is 2.20. The Hall–Kier alpha value is -0.690. The SMILES string of the molecule is O=S1(=O)CCCN(c2ncc(Br)cn2)CC1. The molecule has 0 spiro atoms. The van der Waals surface area contributed by atoms with E-state index in [2.05, 4.69) is 25.9 Å². The van der Waals surface area contributed by atoms with E-state index in [0.29, 0.717) is 25.5 Å². The third-order valence-corrected chi connectivity index (χ3v) is 4.57. The lowest BCUT2D eigenvalue weighted by Crippen LogP contribution is -2.28. The summed E-state index contributed by atoms with van der Waals surface area (Å²) in [6, 6.07) is 0. The first-order valence-electron chi connectivity index (χ1n) is 5.00. The Bertz CT molecular complexity index is 460. The van der Waals surface area contributed by atoms with Gasteiger partial charge in [0.25, 0.3) is 0 Å². The number of aromatic nitrogens is 2. The van der Waals surface area contributed by atoms with Crippen molar-refractivity contribution in [2.75, 3.05) is 29.5 Å². The van der Waals surface area contributed by atoms with E-state index in [9.17, 15) is 8.42 Å². The van der Waals surface area contributed by atoms with Gasteiger partial charge < -0.3 is 4.90 Å². The minimum Gasteiger partial charge on any atom is -0.340 e. The third-order valence-electron chi connectivity index (χ3n) is 2.45. The van der Waals surface area contributed by atoms with Crippen molar-refractivity contribution in [1.82, 2.24) is 9.97 Å². The van der Waals surface area contributed by atoms with Gasteiger partial charge >= 0.3 is 0 Å². The van der Waals surface area contributed by atoms with Crippen LogP contribution in [-0.2, 0) is 9.84 Å². The summed E-state index contributed by atoms with van der Waals surface area (Å²) in [6.07, 6.45) is 3.98. The molecule has 0 atom stereocenters. The molecule has 0 bridgehead atoms. The molecule has 0 aliphatic carbocycles. The van der Waals surface area contributed by atoms with Crippen LogP contribution in [0.1, 0.15) is 6.42 Å². The number of hydrogen-bond acceptors (Lipinski definition) is 5. The molecule has 0 aromatic carbocycles. The predicted molar refractivity (Wildman–Crippen MR) is 65.2 cm³/mol. The van der Waals surface area contributed by atoms with Crippen molar-refractivity contribution in [3.05, 3.63) is 16.9 Å². The number of sulfone groups is 1. The highest BCUT2D eigenvalue weighted by atomic mass is 79.9. The number of halogens is 1. The van der Waals surface area contributed by atoms with Gasteiger partial charge in [0.2, 0.25) is 5.95 Å². The largest absolute Gasteiger partial charge is 0.340 e. The summed E-state index contributed by atoms with van der Waals surface area (Å²) in [5, 5.41) is 0. The molecule has 5 nitrogen and oxygen atoms in total. The van der Waals surface area contributed by atoms with Crippen LogP contribution in [-0.4, -0.2) is 43.0 Å². The van der Waals surface area contributed by atoms with Crippen molar-refractivity contribution in [2.24, 2.45) is 0 Å². The van der Waals surface area contributed by atoms with Gasteiger partial charge in [-0.3, -0.25) is 0 Å². The molecular weight excluding hydrogens is 294 g/mol. The van der Waals surface area contributed by atoms with E-state index in [1.54, 1.807) is 12.4 Å². The zero-order valence-electron chi connectivity index (χ0n) is 8.63. The molecule has 0 N–H and O–H groups in total. The van der Waals surface area contributed by atoms with Crippen molar-refractivity contribution in [1.29, 1.82) is 0 Å². The van der Waals surface area contributed by atoms with Gasteiger partial charge in [-0.15, -0.1) is 0 Å². The lowest BCUT2D eigenvalue weighted by molar-refractivity contribution is 0.597. The van der Waals surface area contributed by atoms with E-state index in [4.69, 9.17) is 0 Å². The van der Waals surface area contributed by atoms with Crippen LogP contribution < -0.4 is 4.90 Å². The molecule has 0 saturated carbocycles. The third kappa shape index (κ3) is 2.91. The lowest BCUT2D eigenvalue weighted by Gasteiger charge is -2.18. The molecule has 1 aromatic heterocycles. The first-order valence-corrected chi connectivity index (χ1v) is 7.61. The monoisotopic (exact) mass is 305 g/mol. The molecule has 1 saturated heterocycles. The summed E-state index contributed by atoms with van der Waals surface area (Å²) in [7, 11) is -2.87. The maximum Gasteiger partial charge on any atom is 0.225 e. The van der Waals surface area contributed by atoms with Crippen LogP contribution in [0, 0.1) is 0 Å². The fraction of sp³-hybridized carbons (Fsp3) is 0.556. The van der Waals surface area contributed by atoms with Gasteiger partial charge in [-0.1, -0.05) is 0 Å². The zero-order valence-corrected chi connectivity index (χ0v) is 11.0. The summed E-state index contributed by atoms with van der Waals surface area (Å²) in [4.78, 5) is 10.2. The molecule has 0 radical (unpaired) electrons. The Morgan fingerprint density at radius 2 is 1.88 bits per heavy atom. The average Bonchev–Trinajstić information content (AvgIpc) is 2.41. The molecule has 7 heteroatoms. The summed E-state index contributed by atoms with van der Waals surface area (Å²) in [6.45, 7) is 1.17. The van der Waals surface area contributed by atoms with Gasteiger partial charge in [0, 0.05) is 25.5 Å². The van der Waals surface area contributed by atoms with Crippen molar-refractivity contribution < 1.29 is 8.42 Å². The molecule has 1 aliphatic rings. The molecule has 1 aliphatic heterocycles. The Kier molecular flexibility index (Phi) is 3.44. The molecule has 2 heterocycles. The molecule has 88 valence electrons. The standard InChI is InChI=1S/C9H12BrN3O2S/c10-8-6-11-9(12-7-8)13-2-1-4-16(14,15)5-3-13/h6-7H,1-5H2. The number of nitrogens with zero attached hydrogens (tertiary/aromatic N) is 3. The average molecular weight is 306 g/mol. The highest BCUT2D eigenvalue weighted by Crippen LogP contribution is 2.14. The Morgan fingerprint density at radius 3 is 2.56 bits per heavy atom. The smallest absolute Gasteiger partial charge is 0.225 e. The van der Waals surface area contributed by atoms with Gasteiger partial charge in [0.15, 0.2) is 9.84 Å². The van der Waals surface area contributed by atoms with E-state index in [1.807, 2.05) is 4.90 Å². The first-order chi connectivity index (χ1) is 7.57. The second-order valence-corrected chi connectivity index (χ2v) is 6.91. The van der Waals surface area contributed by atoms with E-state index < -0.39 is 9.84 Å². The van der Waals surface area contributed by atoms with Crippen LogP contribution in [0.15, 0.2) is 16.9 Å². The van der Waals surface area contributed by atoms with Gasteiger partial charge in [-0.25, -0.2) is 18.4 Å².